The molecule has 1 aliphatic heterocycles. The van der Waals surface area contributed by atoms with Crippen molar-refractivity contribution in [2.24, 2.45) is 5.73 Å². The summed E-state index contributed by atoms with van der Waals surface area (Å²) in [6.45, 7) is 1.70. The van der Waals surface area contributed by atoms with E-state index in [9.17, 15) is 14.0 Å². The maximum atomic E-state index is 13.3. The minimum Gasteiger partial charge on any atom is -0.338 e. The topological polar surface area (TPSA) is 66.6 Å². The van der Waals surface area contributed by atoms with E-state index >= 15 is 0 Å². The van der Waals surface area contributed by atoms with Crippen molar-refractivity contribution in [1.29, 1.82) is 0 Å². The van der Waals surface area contributed by atoms with Gasteiger partial charge in [0, 0.05) is 31.7 Å². The van der Waals surface area contributed by atoms with Crippen LogP contribution in [0.5, 0.6) is 0 Å². The molecule has 1 aliphatic rings. The van der Waals surface area contributed by atoms with E-state index in [0.29, 0.717) is 38.2 Å². The van der Waals surface area contributed by atoms with Gasteiger partial charge < -0.3 is 15.5 Å². The smallest absolute Gasteiger partial charge is 0.254 e. The number of benzene rings is 2. The van der Waals surface area contributed by atoms with Gasteiger partial charge in [0.25, 0.3) is 5.91 Å². The van der Waals surface area contributed by atoms with Gasteiger partial charge in [0.2, 0.25) is 5.91 Å². The first kappa shape index (κ1) is 18.1. The molecule has 2 amide bonds. The third kappa shape index (κ3) is 4.26. The third-order valence-electron chi connectivity index (χ3n) is 4.57. The lowest BCUT2D eigenvalue weighted by Gasteiger charge is -2.36. The van der Waals surface area contributed by atoms with Gasteiger partial charge in [0.1, 0.15) is 5.82 Å². The summed E-state index contributed by atoms with van der Waals surface area (Å²) in [5.41, 5.74) is 7.41. The number of rotatable bonds is 4. The second-order valence-corrected chi connectivity index (χ2v) is 6.42. The highest BCUT2D eigenvalue weighted by molar-refractivity contribution is 5.94. The van der Waals surface area contributed by atoms with E-state index in [-0.39, 0.29) is 11.8 Å². The van der Waals surface area contributed by atoms with E-state index in [1.807, 2.05) is 30.3 Å². The van der Waals surface area contributed by atoms with E-state index in [1.165, 1.54) is 18.2 Å². The van der Waals surface area contributed by atoms with Gasteiger partial charge in [0.05, 0.1) is 6.04 Å². The molecule has 1 heterocycles. The Kier molecular flexibility index (Phi) is 5.63. The molecule has 0 aliphatic carbocycles. The predicted octanol–water partition coefficient (Wildman–Crippen LogP) is 1.68. The lowest BCUT2D eigenvalue weighted by Crippen LogP contribution is -2.54. The molecule has 0 bridgehead atoms. The summed E-state index contributed by atoms with van der Waals surface area (Å²) in [6, 6.07) is 14.7. The zero-order valence-corrected chi connectivity index (χ0v) is 14.5. The van der Waals surface area contributed by atoms with Gasteiger partial charge >= 0.3 is 0 Å². The van der Waals surface area contributed by atoms with E-state index in [2.05, 4.69) is 0 Å². The first-order valence-electron chi connectivity index (χ1n) is 8.68. The van der Waals surface area contributed by atoms with Crippen molar-refractivity contribution < 1.29 is 14.0 Å². The SMILES string of the molecule is NC(Cc1ccccc1)C(=O)N1CCN(C(=O)c2cccc(F)c2)CC1. The van der Waals surface area contributed by atoms with Crippen molar-refractivity contribution in [3.8, 4) is 0 Å². The van der Waals surface area contributed by atoms with Crippen LogP contribution in [0.4, 0.5) is 4.39 Å². The number of halogens is 1. The van der Waals surface area contributed by atoms with Crippen LogP contribution in [0.3, 0.4) is 0 Å². The minimum atomic E-state index is -0.595. The van der Waals surface area contributed by atoms with Crippen LogP contribution in [0, 0.1) is 5.82 Å². The fourth-order valence-electron chi connectivity index (χ4n) is 3.12. The van der Waals surface area contributed by atoms with Crippen molar-refractivity contribution in [1.82, 2.24) is 9.80 Å². The average Bonchev–Trinajstić information content (AvgIpc) is 2.67. The standard InChI is InChI=1S/C20H22FN3O2/c21-17-8-4-7-16(14-17)19(25)23-9-11-24(12-10-23)20(26)18(22)13-15-5-2-1-3-6-15/h1-8,14,18H,9-13,22H2. The Bertz CT molecular complexity index is 774. The number of hydrogen-bond donors (Lipinski definition) is 1. The number of carbonyl (C=O) groups excluding carboxylic acids is 2. The molecule has 5 nitrogen and oxygen atoms in total. The maximum Gasteiger partial charge on any atom is 0.254 e. The molecular formula is C20H22FN3O2. The van der Waals surface area contributed by atoms with Crippen LogP contribution in [0.15, 0.2) is 54.6 Å². The first-order valence-corrected chi connectivity index (χ1v) is 8.68. The fourth-order valence-corrected chi connectivity index (χ4v) is 3.12. The Hall–Kier alpha value is -2.73. The summed E-state index contributed by atoms with van der Waals surface area (Å²) in [4.78, 5) is 28.3. The van der Waals surface area contributed by atoms with Gasteiger partial charge in [-0.25, -0.2) is 4.39 Å². The Morgan fingerprint density at radius 3 is 2.27 bits per heavy atom. The second kappa shape index (κ2) is 8.10. The predicted molar refractivity (Wildman–Crippen MR) is 97.0 cm³/mol. The van der Waals surface area contributed by atoms with Crippen LogP contribution in [-0.2, 0) is 11.2 Å². The Balaban J connectivity index is 1.54. The van der Waals surface area contributed by atoms with Gasteiger partial charge in [0.15, 0.2) is 0 Å². The minimum absolute atomic E-state index is 0.105. The largest absolute Gasteiger partial charge is 0.338 e. The van der Waals surface area contributed by atoms with E-state index < -0.39 is 11.9 Å². The molecule has 2 aromatic rings. The molecule has 26 heavy (non-hydrogen) atoms. The molecule has 136 valence electrons. The molecule has 2 aromatic carbocycles. The molecular weight excluding hydrogens is 333 g/mol. The molecule has 6 heteroatoms. The number of hydrogen-bond acceptors (Lipinski definition) is 3. The summed E-state index contributed by atoms with van der Waals surface area (Å²) in [5, 5.41) is 0. The van der Waals surface area contributed by atoms with Crippen molar-refractivity contribution in [3.05, 3.63) is 71.5 Å². The van der Waals surface area contributed by atoms with Crippen molar-refractivity contribution in [3.63, 3.8) is 0 Å². The Morgan fingerprint density at radius 1 is 0.962 bits per heavy atom. The van der Waals surface area contributed by atoms with Crippen LogP contribution < -0.4 is 5.73 Å². The van der Waals surface area contributed by atoms with Gasteiger partial charge in [-0.15, -0.1) is 0 Å². The number of nitrogens with two attached hydrogens (primary N) is 1. The van der Waals surface area contributed by atoms with Gasteiger partial charge in [-0.1, -0.05) is 36.4 Å². The van der Waals surface area contributed by atoms with Gasteiger partial charge in [-0.2, -0.15) is 0 Å². The highest BCUT2D eigenvalue weighted by atomic mass is 19.1. The molecule has 3 rings (SSSR count). The molecule has 0 aromatic heterocycles. The molecule has 1 atom stereocenters. The second-order valence-electron chi connectivity index (χ2n) is 6.42. The molecule has 0 radical (unpaired) electrons. The zero-order chi connectivity index (χ0) is 18.5. The quantitative estimate of drug-likeness (QED) is 0.907. The van der Waals surface area contributed by atoms with Crippen molar-refractivity contribution in [2.45, 2.75) is 12.5 Å². The van der Waals surface area contributed by atoms with Crippen LogP contribution in [0.1, 0.15) is 15.9 Å². The lowest BCUT2D eigenvalue weighted by molar-refractivity contribution is -0.134. The number of piperazine rings is 1. The van der Waals surface area contributed by atoms with Gasteiger partial charge in [-0.3, -0.25) is 9.59 Å². The summed E-state index contributed by atoms with van der Waals surface area (Å²) in [6.07, 6.45) is 0.488. The van der Waals surface area contributed by atoms with Gasteiger partial charge in [-0.05, 0) is 30.2 Å². The molecule has 1 unspecified atom stereocenters. The summed E-state index contributed by atoms with van der Waals surface area (Å²) in [5.74, 6) is -0.756. The number of amides is 2. The monoisotopic (exact) mass is 355 g/mol. The molecule has 0 saturated carbocycles. The van der Waals surface area contributed by atoms with Crippen LogP contribution in [-0.4, -0.2) is 53.8 Å². The third-order valence-corrected chi connectivity index (χ3v) is 4.57. The Morgan fingerprint density at radius 2 is 1.62 bits per heavy atom. The average molecular weight is 355 g/mol. The van der Waals surface area contributed by atoms with E-state index in [4.69, 9.17) is 5.73 Å². The molecule has 2 N–H and O–H groups in total. The fraction of sp³-hybridized carbons (Fsp3) is 0.300. The van der Waals surface area contributed by atoms with E-state index in [0.717, 1.165) is 5.56 Å². The molecule has 1 fully saturated rings. The highest BCUT2D eigenvalue weighted by Gasteiger charge is 2.27. The number of carbonyl (C=O) groups is 2. The van der Waals surface area contributed by atoms with Crippen LogP contribution in [0.25, 0.3) is 0 Å². The maximum absolute atomic E-state index is 13.3. The highest BCUT2D eigenvalue weighted by Crippen LogP contribution is 2.12. The summed E-state index contributed by atoms with van der Waals surface area (Å²) in [7, 11) is 0. The first-order chi connectivity index (χ1) is 12.5. The molecule has 1 saturated heterocycles. The zero-order valence-electron chi connectivity index (χ0n) is 14.5. The summed E-state index contributed by atoms with van der Waals surface area (Å²) >= 11 is 0. The van der Waals surface area contributed by atoms with E-state index in [1.54, 1.807) is 15.9 Å². The van der Waals surface area contributed by atoms with Crippen molar-refractivity contribution in [2.75, 3.05) is 26.2 Å². The lowest BCUT2D eigenvalue weighted by atomic mass is 10.1. The van der Waals surface area contributed by atoms with Crippen LogP contribution in [0.2, 0.25) is 0 Å². The Labute approximate surface area is 152 Å². The summed E-state index contributed by atoms with van der Waals surface area (Å²) < 4.78 is 13.3. The normalized spacial score (nSPS) is 15.6. The van der Waals surface area contributed by atoms with Crippen molar-refractivity contribution >= 4 is 11.8 Å². The number of nitrogens with zero attached hydrogens (tertiary/aromatic N) is 2. The molecule has 0 spiro atoms. The van der Waals surface area contributed by atoms with Crippen LogP contribution >= 0.6 is 0 Å².